The van der Waals surface area contributed by atoms with Gasteiger partial charge in [0.15, 0.2) is 0 Å². The molecule has 0 unspecified atom stereocenters. The minimum Gasteiger partial charge on any atom is -0.497 e. The second kappa shape index (κ2) is 37.1. The monoisotopic (exact) mass is 1890 g/mol. The van der Waals surface area contributed by atoms with E-state index in [-0.39, 0.29) is 0 Å². The first-order valence-electron chi connectivity index (χ1n) is 46.7. The van der Waals surface area contributed by atoms with Gasteiger partial charge in [-0.05, 0) is 263 Å². The number of nitrogens with zero attached hydrogens (tertiary/aromatic N) is 6. The highest BCUT2D eigenvalue weighted by molar-refractivity contribution is 6.10. The Balaban J connectivity index is 0.853. The lowest BCUT2D eigenvalue weighted by Crippen LogP contribution is -1.94. The molecule has 0 fully saturated rings. The number of nitrogens with one attached hydrogen (secondary N) is 6. The number of H-pyrrole nitrogens is 6. The molecule has 6 aliphatic heterocycles. The van der Waals surface area contributed by atoms with E-state index in [0.29, 0.717) is 193 Å². The van der Waals surface area contributed by atoms with E-state index >= 15 is 0 Å². The first kappa shape index (κ1) is 89.1. The smallest absolute Gasteiger partial charge is 0.123 e. The maximum atomic E-state index is 6.08. The zero-order valence-electron chi connectivity index (χ0n) is 80.6. The molecule has 706 valence electrons. The van der Waals surface area contributed by atoms with E-state index in [9.17, 15) is 0 Å². The fraction of sp³-hybridized carbons (Fsp3) is 0.100. The van der Waals surface area contributed by atoms with Gasteiger partial charge in [0.05, 0.1) is 154 Å². The summed E-state index contributed by atoms with van der Waals surface area (Å²) in [5.74, 6) is 6.98. The highest BCUT2D eigenvalue weighted by Crippen LogP contribution is 2.50. The van der Waals surface area contributed by atoms with Crippen LogP contribution in [-0.4, -0.2) is 145 Å². The van der Waals surface area contributed by atoms with Crippen molar-refractivity contribution in [1.29, 1.82) is 0 Å². The molecule has 0 radical (unpaired) electrons. The number of benzene rings is 8. The van der Waals surface area contributed by atoms with Crippen molar-refractivity contribution in [2.45, 2.75) is 0 Å². The number of hydrogen-bond donors (Lipinski definition) is 6. The van der Waals surface area contributed by atoms with E-state index in [1.54, 1.807) is 85.3 Å². The summed E-state index contributed by atoms with van der Waals surface area (Å²) in [4.78, 5) is 59.4. The molecule has 0 amide bonds. The van der Waals surface area contributed by atoms with E-state index in [1.807, 2.05) is 146 Å². The van der Waals surface area contributed by atoms with Crippen molar-refractivity contribution in [3.8, 4) is 180 Å². The zero-order chi connectivity index (χ0) is 98.1. The Labute approximate surface area is 827 Å². The lowest BCUT2D eigenvalue weighted by atomic mass is 10.0. The van der Waals surface area contributed by atoms with E-state index in [4.69, 9.17) is 86.7 Å². The number of fused-ring (bicyclic) bond motifs is 24. The largest absolute Gasteiger partial charge is 0.497 e. The molecule has 15 heterocycles. The van der Waals surface area contributed by atoms with Crippen molar-refractivity contribution in [3.05, 3.63) is 311 Å². The van der Waals surface area contributed by atoms with Crippen molar-refractivity contribution in [2.75, 3.05) is 85.3 Å². The van der Waals surface area contributed by atoms with Crippen LogP contribution in [0.5, 0.6) is 69.0 Å². The van der Waals surface area contributed by atoms with Gasteiger partial charge in [-0.15, -0.1) is 0 Å². The van der Waals surface area contributed by atoms with Gasteiger partial charge in [-0.2, -0.15) is 0 Å². The number of aromatic amines is 6. The Bertz CT molecular complexity index is 8200. The second-order valence-electron chi connectivity index (χ2n) is 34.8. The predicted octanol–water partition coefficient (Wildman–Crippen LogP) is 27.4. The van der Waals surface area contributed by atoms with Gasteiger partial charge in [-0.1, -0.05) is 60.7 Å². The van der Waals surface area contributed by atoms with Gasteiger partial charge in [-0.25, -0.2) is 29.9 Å². The molecule has 24 bridgehead atoms. The minimum atomic E-state index is 0.577. The minimum absolute atomic E-state index is 0.577. The van der Waals surface area contributed by atoms with Crippen LogP contribution >= 0.6 is 0 Å². The molecule has 0 spiro atoms. The van der Waals surface area contributed by atoms with Gasteiger partial charge in [-0.3, -0.25) is 0 Å². The molecule has 17 aromatic rings. The molecule has 9 aromatic heterocycles. The normalized spacial score (nSPS) is 12.1. The third-order valence-electron chi connectivity index (χ3n) is 26.7. The van der Waals surface area contributed by atoms with Gasteiger partial charge in [0.2, 0.25) is 0 Å². The molecule has 24 nitrogen and oxygen atoms in total. The third-order valence-corrected chi connectivity index (χ3v) is 26.7. The Kier molecular flexibility index (Phi) is 23.0. The topological polar surface area (TPSA) is 283 Å². The molecule has 0 saturated heterocycles. The molecule has 144 heavy (non-hydrogen) atoms. The molecule has 6 aliphatic rings. The Morgan fingerprint density at radius 1 is 0.132 bits per heavy atom. The highest BCUT2D eigenvalue weighted by atomic mass is 16.5. The summed E-state index contributed by atoms with van der Waals surface area (Å²) in [6.07, 6.45) is 24.9. The van der Waals surface area contributed by atoms with Gasteiger partial charge in [0.1, 0.15) is 69.0 Å². The number of methoxy groups -OCH3 is 12. The van der Waals surface area contributed by atoms with Gasteiger partial charge in [0.25, 0.3) is 0 Å². The lowest BCUT2D eigenvalue weighted by molar-refractivity contribution is 0.394. The van der Waals surface area contributed by atoms with Gasteiger partial charge >= 0.3 is 0 Å². The maximum absolute atomic E-state index is 6.08. The summed E-state index contributed by atoms with van der Waals surface area (Å²) in [5.41, 5.74) is 31.5. The Morgan fingerprint density at radius 3 is 0.382 bits per heavy atom. The first-order chi connectivity index (χ1) is 70.6. The average Bonchev–Trinajstić information content (AvgIpc) is 1.58. The lowest BCUT2D eigenvalue weighted by Gasteiger charge is -2.11. The van der Waals surface area contributed by atoms with Crippen LogP contribution in [0.25, 0.3) is 250 Å². The van der Waals surface area contributed by atoms with Crippen LogP contribution in [0.2, 0.25) is 0 Å². The molecule has 24 heteroatoms. The molecular formula is C120H94N12O12. The molecule has 0 saturated carbocycles. The van der Waals surface area contributed by atoms with Crippen LogP contribution in [0.3, 0.4) is 0 Å². The predicted molar refractivity (Wildman–Crippen MR) is 577 cm³/mol. The first-order valence-corrected chi connectivity index (χ1v) is 46.7. The van der Waals surface area contributed by atoms with E-state index in [1.165, 1.54) is 0 Å². The second-order valence-corrected chi connectivity index (χ2v) is 34.8. The van der Waals surface area contributed by atoms with Crippen molar-refractivity contribution < 1.29 is 56.8 Å². The van der Waals surface area contributed by atoms with Crippen molar-refractivity contribution in [1.82, 2.24) is 59.8 Å². The number of hydrogen-bond acceptors (Lipinski definition) is 18. The summed E-state index contributed by atoms with van der Waals surface area (Å²) in [6, 6.07) is 81.1. The number of aromatic nitrogens is 12. The average molecular weight is 1900 g/mol. The summed E-state index contributed by atoms with van der Waals surface area (Å²) in [5, 5.41) is 0. The zero-order valence-corrected chi connectivity index (χ0v) is 80.6. The van der Waals surface area contributed by atoms with Crippen LogP contribution in [0, 0.1) is 0 Å². The Hall–Kier alpha value is -18.8. The molecular weight excluding hydrogens is 1800 g/mol. The third kappa shape index (κ3) is 16.2. The molecule has 6 N–H and O–H groups in total. The molecule has 0 aliphatic carbocycles. The SMILES string of the molecule is COc1cc(OC)cc(-c2c3nc(c(-c4cc(OC)cc(OC)c4)c4ccc([nH]4)c(-c4c5nc(c(-c6ccccc6)c6ccc([nH]6)c(-c6c7nc(c(-c8cc(OC)cc(OC)c8)c8ccc([nH]8)c(-c8cc(OC)cc(OC)c8)c8nc(c(-c9cc(OC)cc(OC)c9)c9ccc6[nH]9)C=C8)C=C7)c6nc(c(-c7ccccc7)c7ccc4[nH]7)C=C6)C=C5)c4nc(c(-c5cc(OC)cc(OC)c5)c5ccc2[nH]5)C=C4)C=C3)c1. The standard InChI is InChI=1S/C120H94N12O12/c1-133-73-47-67(48-74(59-73)134-2)111-89-23-27-93(121-89)113(69-51-77(137-5)61-78(52-69)138-6)97-35-43-105(129-97)119(106-44-36-98(130-106)114(94-28-24-90(111)122-94)70-53-79(139-7)62-80(54-70)140-8)117-101-39-31-85(125-101)109(65-19-15-13-16-20-65)87-33-41-103(127-87)118(104-42-34-88(128-104)110(66-21-17-14-18-22-66)86-32-40-102(117)126-86)120-107-45-37-99(131-107)115(71-55-81(141-9)63-82(56-71)142-10)95-29-25-91(123-95)112(68-49-75(135-3)60-76(50-68)136-4)92-26-30-96(124-92)116(100-38-46-108(120)132-100)72-57-83(143-11)64-84(58-72)144-12/h13-64,121,123,125,128,130,132H,1-12H3. The molecule has 23 rings (SSSR count). The van der Waals surface area contributed by atoms with Gasteiger partial charge < -0.3 is 86.7 Å². The highest BCUT2D eigenvalue weighted by Gasteiger charge is 2.30. The van der Waals surface area contributed by atoms with E-state index in [2.05, 4.69) is 200 Å². The molecule has 8 aromatic carbocycles. The molecule has 0 atom stereocenters. The van der Waals surface area contributed by atoms with Crippen LogP contribution in [0.4, 0.5) is 0 Å². The number of ether oxygens (including phenoxy) is 12. The maximum Gasteiger partial charge on any atom is 0.123 e. The van der Waals surface area contributed by atoms with E-state index in [0.717, 1.165) is 122 Å². The Morgan fingerprint density at radius 2 is 0.250 bits per heavy atom. The summed E-state index contributed by atoms with van der Waals surface area (Å²) >= 11 is 0. The summed E-state index contributed by atoms with van der Waals surface area (Å²) < 4.78 is 72.6. The van der Waals surface area contributed by atoms with Gasteiger partial charge in [0, 0.05) is 169 Å². The van der Waals surface area contributed by atoms with Crippen LogP contribution < -0.4 is 56.8 Å². The van der Waals surface area contributed by atoms with Crippen molar-refractivity contribution >= 4 is 139 Å². The summed E-state index contributed by atoms with van der Waals surface area (Å²) in [6.45, 7) is 0. The van der Waals surface area contributed by atoms with Crippen molar-refractivity contribution in [3.63, 3.8) is 0 Å². The van der Waals surface area contributed by atoms with Crippen LogP contribution in [0.15, 0.2) is 243 Å². The number of rotatable bonds is 22. The van der Waals surface area contributed by atoms with Crippen LogP contribution in [0.1, 0.15) is 68.3 Å². The van der Waals surface area contributed by atoms with Crippen LogP contribution in [-0.2, 0) is 0 Å². The quantitative estimate of drug-likeness (QED) is 0.0368. The summed E-state index contributed by atoms with van der Waals surface area (Å²) in [7, 11) is 19.8. The van der Waals surface area contributed by atoms with Crippen molar-refractivity contribution in [2.24, 2.45) is 0 Å². The van der Waals surface area contributed by atoms with E-state index < -0.39 is 0 Å². The fourth-order valence-corrected chi connectivity index (χ4v) is 20.0. The fourth-order valence-electron chi connectivity index (χ4n) is 20.0.